The molecule has 0 aromatic heterocycles. The Balaban J connectivity index is 2.70. The summed E-state index contributed by atoms with van der Waals surface area (Å²) in [6.07, 6.45) is 4.09. The fourth-order valence-electron chi connectivity index (χ4n) is 1.71. The average Bonchev–Trinajstić information content (AvgIpc) is 2.35. The third-order valence-corrected chi connectivity index (χ3v) is 2.66. The first-order valence-electron chi connectivity index (χ1n) is 5.71. The maximum Gasteiger partial charge on any atom is 0.150 e. The summed E-state index contributed by atoms with van der Waals surface area (Å²) in [5.41, 5.74) is 1.80. The van der Waals surface area contributed by atoms with Crippen molar-refractivity contribution in [1.82, 2.24) is 5.32 Å². The van der Waals surface area contributed by atoms with Gasteiger partial charge in [0.2, 0.25) is 0 Å². The van der Waals surface area contributed by atoms with Crippen molar-refractivity contribution in [3.63, 3.8) is 0 Å². The summed E-state index contributed by atoms with van der Waals surface area (Å²) in [5, 5.41) is 12.0. The summed E-state index contributed by atoms with van der Waals surface area (Å²) in [5.74, 6) is 0. The molecule has 2 N–H and O–H groups in total. The Morgan fingerprint density at radius 1 is 1.38 bits per heavy atom. The van der Waals surface area contributed by atoms with E-state index in [2.05, 4.69) is 12.2 Å². The Morgan fingerprint density at radius 3 is 2.56 bits per heavy atom. The molecule has 1 atom stereocenters. The highest BCUT2D eigenvalue weighted by atomic mass is 16.3. The molecule has 3 heteroatoms. The molecule has 0 spiro atoms. The molecule has 0 radical (unpaired) electrons. The van der Waals surface area contributed by atoms with E-state index in [1.807, 2.05) is 12.1 Å². The highest BCUT2D eigenvalue weighted by Crippen LogP contribution is 2.19. The standard InChI is InChI=1S/C13H19NO2/c1-2-3-4-13(14-10-16)12-7-5-11(9-15)6-8-12/h5-9,13-14,16H,2-4,10H2,1H3. The molecule has 0 heterocycles. The van der Waals surface area contributed by atoms with Crippen molar-refractivity contribution < 1.29 is 9.90 Å². The van der Waals surface area contributed by atoms with Gasteiger partial charge in [-0.3, -0.25) is 10.1 Å². The minimum absolute atomic E-state index is 0.0240. The fourth-order valence-corrected chi connectivity index (χ4v) is 1.71. The number of carbonyl (C=O) groups excluding carboxylic acids is 1. The highest BCUT2D eigenvalue weighted by Gasteiger charge is 2.09. The second-order valence-corrected chi connectivity index (χ2v) is 3.84. The minimum atomic E-state index is -0.0240. The van der Waals surface area contributed by atoms with E-state index in [0.29, 0.717) is 5.56 Å². The smallest absolute Gasteiger partial charge is 0.150 e. The molecule has 0 fully saturated rings. The van der Waals surface area contributed by atoms with E-state index in [1.165, 1.54) is 0 Å². The van der Waals surface area contributed by atoms with Crippen LogP contribution in [-0.4, -0.2) is 18.1 Å². The van der Waals surface area contributed by atoms with Crippen molar-refractivity contribution in [2.75, 3.05) is 6.73 Å². The van der Waals surface area contributed by atoms with Gasteiger partial charge in [0.25, 0.3) is 0 Å². The summed E-state index contributed by atoms with van der Waals surface area (Å²) < 4.78 is 0. The molecule has 1 aromatic carbocycles. The Labute approximate surface area is 96.5 Å². The number of rotatable bonds is 7. The number of aliphatic hydroxyl groups excluding tert-OH is 1. The monoisotopic (exact) mass is 221 g/mol. The number of aliphatic hydroxyl groups is 1. The quantitative estimate of drug-likeness (QED) is 0.548. The molecule has 0 saturated carbocycles. The Hall–Kier alpha value is -1.19. The van der Waals surface area contributed by atoms with Crippen molar-refractivity contribution in [2.45, 2.75) is 32.2 Å². The molecule has 3 nitrogen and oxygen atoms in total. The summed E-state index contributed by atoms with van der Waals surface area (Å²) in [7, 11) is 0. The van der Waals surface area contributed by atoms with Crippen LogP contribution >= 0.6 is 0 Å². The van der Waals surface area contributed by atoms with Crippen molar-refractivity contribution >= 4 is 6.29 Å². The predicted octanol–water partition coefficient (Wildman–Crippen LogP) is 2.27. The van der Waals surface area contributed by atoms with E-state index in [-0.39, 0.29) is 12.8 Å². The van der Waals surface area contributed by atoms with Gasteiger partial charge in [0.1, 0.15) is 6.29 Å². The number of unbranched alkanes of at least 4 members (excludes halogenated alkanes) is 1. The Morgan fingerprint density at radius 2 is 2.06 bits per heavy atom. The van der Waals surface area contributed by atoms with Gasteiger partial charge in [-0.25, -0.2) is 0 Å². The third-order valence-electron chi connectivity index (χ3n) is 2.66. The van der Waals surface area contributed by atoms with E-state index in [9.17, 15) is 4.79 Å². The molecule has 0 aliphatic rings. The number of benzene rings is 1. The maximum atomic E-state index is 10.5. The van der Waals surface area contributed by atoms with Gasteiger partial charge in [0.05, 0.1) is 6.73 Å². The van der Waals surface area contributed by atoms with Crippen LogP contribution in [0.4, 0.5) is 0 Å². The first kappa shape index (κ1) is 12.9. The Kier molecular flexibility index (Phi) is 5.75. The van der Waals surface area contributed by atoms with Gasteiger partial charge in [-0.05, 0) is 12.0 Å². The first-order chi connectivity index (χ1) is 7.81. The van der Waals surface area contributed by atoms with Crippen molar-refractivity contribution in [2.24, 2.45) is 0 Å². The van der Waals surface area contributed by atoms with Crippen LogP contribution in [0.25, 0.3) is 0 Å². The van der Waals surface area contributed by atoms with Gasteiger partial charge >= 0.3 is 0 Å². The molecule has 1 rings (SSSR count). The maximum absolute atomic E-state index is 10.5. The number of aldehydes is 1. The van der Waals surface area contributed by atoms with Crippen LogP contribution in [0, 0.1) is 0 Å². The topological polar surface area (TPSA) is 49.3 Å². The molecule has 0 aliphatic carbocycles. The first-order valence-corrected chi connectivity index (χ1v) is 5.71. The summed E-state index contributed by atoms with van der Waals surface area (Å²) in [4.78, 5) is 10.5. The lowest BCUT2D eigenvalue weighted by Crippen LogP contribution is -2.22. The van der Waals surface area contributed by atoms with Gasteiger partial charge in [-0.2, -0.15) is 0 Å². The summed E-state index contributed by atoms with van der Waals surface area (Å²) in [6.45, 7) is 2.12. The zero-order chi connectivity index (χ0) is 11.8. The van der Waals surface area contributed by atoms with Gasteiger partial charge in [-0.15, -0.1) is 0 Å². The largest absolute Gasteiger partial charge is 0.381 e. The molecular weight excluding hydrogens is 202 g/mol. The predicted molar refractivity (Wildman–Crippen MR) is 64.3 cm³/mol. The molecule has 1 aromatic rings. The van der Waals surface area contributed by atoms with Crippen LogP contribution in [0.15, 0.2) is 24.3 Å². The number of hydrogen-bond acceptors (Lipinski definition) is 3. The molecular formula is C13H19NO2. The lowest BCUT2D eigenvalue weighted by atomic mass is 10.0. The molecule has 0 bridgehead atoms. The Bertz CT molecular complexity index is 308. The van der Waals surface area contributed by atoms with Crippen LogP contribution < -0.4 is 5.32 Å². The average molecular weight is 221 g/mol. The second kappa shape index (κ2) is 7.14. The molecule has 88 valence electrons. The zero-order valence-electron chi connectivity index (χ0n) is 9.65. The van der Waals surface area contributed by atoms with Gasteiger partial charge in [-0.1, -0.05) is 44.0 Å². The lowest BCUT2D eigenvalue weighted by molar-refractivity contribution is 0.112. The van der Waals surface area contributed by atoms with Crippen molar-refractivity contribution in [3.05, 3.63) is 35.4 Å². The minimum Gasteiger partial charge on any atom is -0.381 e. The zero-order valence-corrected chi connectivity index (χ0v) is 9.65. The van der Waals surface area contributed by atoms with E-state index < -0.39 is 0 Å². The highest BCUT2D eigenvalue weighted by molar-refractivity contribution is 5.74. The number of hydrogen-bond donors (Lipinski definition) is 2. The van der Waals surface area contributed by atoms with Crippen LogP contribution in [-0.2, 0) is 0 Å². The molecule has 0 amide bonds. The summed E-state index contributed by atoms with van der Waals surface area (Å²) in [6, 6.07) is 7.66. The molecule has 0 aliphatic heterocycles. The molecule has 0 saturated heterocycles. The van der Waals surface area contributed by atoms with E-state index in [4.69, 9.17) is 5.11 Å². The van der Waals surface area contributed by atoms with Crippen molar-refractivity contribution in [3.8, 4) is 0 Å². The second-order valence-electron chi connectivity index (χ2n) is 3.84. The third kappa shape index (κ3) is 3.76. The molecule has 16 heavy (non-hydrogen) atoms. The summed E-state index contributed by atoms with van der Waals surface area (Å²) >= 11 is 0. The number of carbonyl (C=O) groups is 1. The normalized spacial score (nSPS) is 12.4. The molecule has 1 unspecified atom stereocenters. The van der Waals surface area contributed by atoms with Crippen LogP contribution in [0.3, 0.4) is 0 Å². The SMILES string of the molecule is CCCCC(NCO)c1ccc(C=O)cc1. The van der Waals surface area contributed by atoms with E-state index in [1.54, 1.807) is 12.1 Å². The number of nitrogens with one attached hydrogen (secondary N) is 1. The fraction of sp³-hybridized carbons (Fsp3) is 0.462. The van der Waals surface area contributed by atoms with Crippen LogP contribution in [0.1, 0.15) is 48.1 Å². The van der Waals surface area contributed by atoms with E-state index in [0.717, 1.165) is 31.1 Å². The van der Waals surface area contributed by atoms with E-state index >= 15 is 0 Å². The van der Waals surface area contributed by atoms with Gasteiger partial charge < -0.3 is 5.11 Å². The lowest BCUT2D eigenvalue weighted by Gasteiger charge is -2.17. The van der Waals surface area contributed by atoms with Crippen LogP contribution in [0.5, 0.6) is 0 Å². The van der Waals surface area contributed by atoms with Crippen LogP contribution in [0.2, 0.25) is 0 Å². The van der Waals surface area contributed by atoms with Crippen molar-refractivity contribution in [1.29, 1.82) is 0 Å². The van der Waals surface area contributed by atoms with Gasteiger partial charge in [0.15, 0.2) is 0 Å². The van der Waals surface area contributed by atoms with Gasteiger partial charge in [0, 0.05) is 11.6 Å².